The number of isocyanates is 1. The molecule has 1 atom stereocenters. The van der Waals surface area contributed by atoms with Crippen molar-refractivity contribution in [3.63, 3.8) is 0 Å². The molecule has 72 valence electrons. The third-order valence-corrected chi connectivity index (χ3v) is 1.94. The number of hydrogen-bond donors (Lipinski definition) is 0. The molecule has 0 amide bonds. The third kappa shape index (κ3) is 5.15. The summed E-state index contributed by atoms with van der Waals surface area (Å²) in [6.07, 6.45) is 7.11. The molecule has 0 fully saturated rings. The molecule has 0 aliphatic carbocycles. The Kier molecular flexibility index (Phi) is 5.01. The molecule has 0 saturated carbocycles. The van der Waals surface area contributed by atoms with E-state index >= 15 is 0 Å². The van der Waals surface area contributed by atoms with E-state index in [0.717, 1.165) is 12.8 Å². The molecular formula is C11H17NO. The van der Waals surface area contributed by atoms with Gasteiger partial charge in [-0.2, -0.15) is 4.99 Å². The summed E-state index contributed by atoms with van der Waals surface area (Å²) in [6, 6.07) is 0. The van der Waals surface area contributed by atoms with Crippen LogP contribution in [0.2, 0.25) is 0 Å². The Morgan fingerprint density at radius 1 is 1.62 bits per heavy atom. The average molecular weight is 179 g/mol. The monoisotopic (exact) mass is 179 g/mol. The van der Waals surface area contributed by atoms with Crippen molar-refractivity contribution in [2.24, 2.45) is 4.99 Å². The van der Waals surface area contributed by atoms with Crippen molar-refractivity contribution in [2.45, 2.75) is 39.2 Å². The largest absolute Gasteiger partial charge is 0.235 e. The van der Waals surface area contributed by atoms with Gasteiger partial charge >= 0.3 is 0 Å². The van der Waals surface area contributed by atoms with E-state index in [-0.39, 0.29) is 0 Å². The summed E-state index contributed by atoms with van der Waals surface area (Å²) < 4.78 is 0. The maximum Gasteiger partial charge on any atom is 0.235 e. The fourth-order valence-corrected chi connectivity index (χ4v) is 0.961. The first-order valence-electron chi connectivity index (χ1n) is 4.40. The Morgan fingerprint density at radius 3 is 2.62 bits per heavy atom. The summed E-state index contributed by atoms with van der Waals surface area (Å²) in [6.45, 7) is 9.63. The van der Waals surface area contributed by atoms with E-state index in [0.29, 0.717) is 0 Å². The molecule has 0 N–H and O–H groups in total. The Labute approximate surface area is 80.1 Å². The van der Waals surface area contributed by atoms with Gasteiger partial charge in [-0.1, -0.05) is 17.7 Å². The molecule has 0 aliphatic heterocycles. The first kappa shape index (κ1) is 11.9. The van der Waals surface area contributed by atoms with Gasteiger partial charge in [-0.05, 0) is 33.6 Å². The number of carbonyl (C=O) groups excluding carboxylic acids is 1. The van der Waals surface area contributed by atoms with Crippen LogP contribution in [0.1, 0.15) is 33.6 Å². The van der Waals surface area contributed by atoms with Crippen LogP contribution in [0.25, 0.3) is 0 Å². The highest BCUT2D eigenvalue weighted by Gasteiger charge is 2.17. The SMILES string of the molecule is C=CC(C)(CCC=C(C)C)N=C=O. The molecule has 0 heterocycles. The van der Waals surface area contributed by atoms with Crippen LogP contribution in [-0.2, 0) is 4.79 Å². The van der Waals surface area contributed by atoms with Gasteiger partial charge in [0.25, 0.3) is 0 Å². The van der Waals surface area contributed by atoms with Crippen molar-refractivity contribution >= 4 is 6.08 Å². The van der Waals surface area contributed by atoms with Crippen molar-refractivity contribution in [1.82, 2.24) is 0 Å². The first-order chi connectivity index (χ1) is 6.04. The lowest BCUT2D eigenvalue weighted by molar-refractivity contribution is 0.517. The highest BCUT2D eigenvalue weighted by atomic mass is 16.1. The van der Waals surface area contributed by atoms with Crippen molar-refractivity contribution < 1.29 is 4.79 Å². The maximum absolute atomic E-state index is 10.1. The fourth-order valence-electron chi connectivity index (χ4n) is 0.961. The second-order valence-electron chi connectivity index (χ2n) is 3.58. The van der Waals surface area contributed by atoms with Gasteiger partial charge in [-0.25, -0.2) is 4.79 Å². The van der Waals surface area contributed by atoms with Crippen LogP contribution in [0.15, 0.2) is 29.3 Å². The molecule has 2 heteroatoms. The van der Waals surface area contributed by atoms with Gasteiger partial charge in [0, 0.05) is 0 Å². The molecule has 0 radical (unpaired) electrons. The third-order valence-electron chi connectivity index (χ3n) is 1.94. The summed E-state index contributed by atoms with van der Waals surface area (Å²) in [7, 11) is 0. The molecule has 0 aliphatic rings. The fraction of sp³-hybridized carbons (Fsp3) is 0.545. The second kappa shape index (κ2) is 5.50. The predicted octanol–water partition coefficient (Wildman–Crippen LogP) is 3.01. The highest BCUT2D eigenvalue weighted by molar-refractivity contribution is 5.35. The van der Waals surface area contributed by atoms with Crippen molar-refractivity contribution in [1.29, 1.82) is 0 Å². The molecule has 0 spiro atoms. The van der Waals surface area contributed by atoms with Gasteiger partial charge in [0.1, 0.15) is 0 Å². The minimum atomic E-state index is -0.451. The number of aliphatic imine (C=N–C) groups is 1. The Balaban J connectivity index is 4.21. The van der Waals surface area contributed by atoms with Crippen LogP contribution in [0.5, 0.6) is 0 Å². The smallest absolute Gasteiger partial charge is 0.211 e. The van der Waals surface area contributed by atoms with Gasteiger partial charge < -0.3 is 0 Å². The topological polar surface area (TPSA) is 29.4 Å². The van der Waals surface area contributed by atoms with Crippen LogP contribution >= 0.6 is 0 Å². The Bertz CT molecular complexity index is 245. The minimum Gasteiger partial charge on any atom is -0.211 e. The van der Waals surface area contributed by atoms with Gasteiger partial charge in [-0.3, -0.25) is 0 Å². The zero-order chi connectivity index (χ0) is 10.3. The van der Waals surface area contributed by atoms with Gasteiger partial charge in [0.2, 0.25) is 6.08 Å². The Morgan fingerprint density at radius 2 is 2.23 bits per heavy atom. The number of allylic oxidation sites excluding steroid dienone is 2. The van der Waals surface area contributed by atoms with Crippen molar-refractivity contribution in [2.75, 3.05) is 0 Å². The van der Waals surface area contributed by atoms with Crippen LogP contribution in [0.3, 0.4) is 0 Å². The molecule has 13 heavy (non-hydrogen) atoms. The van der Waals surface area contributed by atoms with Crippen LogP contribution < -0.4 is 0 Å². The summed E-state index contributed by atoms with van der Waals surface area (Å²) in [5.74, 6) is 0. The number of rotatable bonds is 5. The summed E-state index contributed by atoms with van der Waals surface area (Å²) in [4.78, 5) is 13.8. The van der Waals surface area contributed by atoms with E-state index in [1.54, 1.807) is 12.2 Å². The summed E-state index contributed by atoms with van der Waals surface area (Å²) in [5, 5.41) is 0. The second-order valence-corrected chi connectivity index (χ2v) is 3.58. The predicted molar refractivity (Wildman–Crippen MR) is 55.4 cm³/mol. The van der Waals surface area contributed by atoms with E-state index in [1.807, 2.05) is 20.8 Å². The molecule has 0 aromatic rings. The normalized spacial score (nSPS) is 13.8. The standard InChI is InChI=1S/C11H17NO/c1-5-11(4,12-9-13)8-6-7-10(2)3/h5,7H,1,6,8H2,2-4H3. The average Bonchev–Trinajstić information content (AvgIpc) is 2.04. The molecule has 0 aromatic heterocycles. The quantitative estimate of drug-likeness (QED) is 0.362. The van der Waals surface area contributed by atoms with E-state index < -0.39 is 5.54 Å². The van der Waals surface area contributed by atoms with E-state index in [1.165, 1.54) is 5.57 Å². The molecule has 0 rings (SSSR count). The zero-order valence-corrected chi connectivity index (χ0v) is 8.63. The van der Waals surface area contributed by atoms with Crippen molar-refractivity contribution in [3.8, 4) is 0 Å². The van der Waals surface area contributed by atoms with Gasteiger partial charge in [-0.15, -0.1) is 6.58 Å². The highest BCUT2D eigenvalue weighted by Crippen LogP contribution is 2.18. The lowest BCUT2D eigenvalue weighted by Crippen LogP contribution is -2.17. The van der Waals surface area contributed by atoms with Crippen LogP contribution in [0.4, 0.5) is 0 Å². The van der Waals surface area contributed by atoms with E-state index in [9.17, 15) is 4.79 Å². The van der Waals surface area contributed by atoms with Crippen molar-refractivity contribution in [3.05, 3.63) is 24.3 Å². The van der Waals surface area contributed by atoms with Gasteiger partial charge in [0.15, 0.2) is 0 Å². The molecular weight excluding hydrogens is 162 g/mol. The lowest BCUT2D eigenvalue weighted by Gasteiger charge is -2.16. The number of hydrogen-bond acceptors (Lipinski definition) is 2. The summed E-state index contributed by atoms with van der Waals surface area (Å²) in [5.41, 5.74) is 0.828. The molecule has 0 bridgehead atoms. The first-order valence-corrected chi connectivity index (χ1v) is 4.40. The van der Waals surface area contributed by atoms with Crippen LogP contribution in [0, 0.1) is 0 Å². The molecule has 2 nitrogen and oxygen atoms in total. The molecule has 0 saturated heterocycles. The summed E-state index contributed by atoms with van der Waals surface area (Å²) >= 11 is 0. The van der Waals surface area contributed by atoms with Gasteiger partial charge in [0.05, 0.1) is 5.54 Å². The van der Waals surface area contributed by atoms with Crippen LogP contribution in [-0.4, -0.2) is 11.6 Å². The molecule has 0 aromatic carbocycles. The lowest BCUT2D eigenvalue weighted by atomic mass is 9.96. The minimum absolute atomic E-state index is 0.451. The van der Waals surface area contributed by atoms with E-state index in [2.05, 4.69) is 17.6 Å². The number of nitrogens with zero attached hydrogens (tertiary/aromatic N) is 1. The Hall–Kier alpha value is -1.14. The zero-order valence-electron chi connectivity index (χ0n) is 8.63. The molecule has 1 unspecified atom stereocenters. The maximum atomic E-state index is 10.1. The van der Waals surface area contributed by atoms with E-state index in [4.69, 9.17) is 0 Å².